The van der Waals surface area contributed by atoms with Gasteiger partial charge in [-0.15, -0.1) is 5.92 Å². The van der Waals surface area contributed by atoms with Gasteiger partial charge in [0.2, 0.25) is 0 Å². The van der Waals surface area contributed by atoms with Crippen molar-refractivity contribution in [3.8, 4) is 11.8 Å². The maximum Gasteiger partial charge on any atom is 0.335 e. The quantitative estimate of drug-likeness (QED) is 0.591. The SMILES string of the molecule is CC#Cc1cccc(CC(OC(C)C)C(=O)OCC)c1. The molecule has 1 aromatic rings. The molecule has 0 saturated heterocycles. The van der Waals surface area contributed by atoms with Crippen LogP contribution in [0.15, 0.2) is 24.3 Å². The van der Waals surface area contributed by atoms with Crippen LogP contribution in [0, 0.1) is 11.8 Å². The van der Waals surface area contributed by atoms with Crippen molar-refractivity contribution in [1.29, 1.82) is 0 Å². The van der Waals surface area contributed by atoms with E-state index in [1.807, 2.05) is 38.1 Å². The molecular formula is C17H22O3. The van der Waals surface area contributed by atoms with Gasteiger partial charge in [0.25, 0.3) is 0 Å². The fourth-order valence-electron chi connectivity index (χ4n) is 1.89. The van der Waals surface area contributed by atoms with Crippen molar-refractivity contribution in [2.24, 2.45) is 0 Å². The monoisotopic (exact) mass is 274 g/mol. The second-order valence-corrected chi connectivity index (χ2v) is 4.71. The van der Waals surface area contributed by atoms with Gasteiger partial charge in [0.15, 0.2) is 6.10 Å². The molecule has 0 N–H and O–H groups in total. The van der Waals surface area contributed by atoms with Gasteiger partial charge in [-0.3, -0.25) is 0 Å². The first-order chi connectivity index (χ1) is 9.56. The molecule has 0 radical (unpaired) electrons. The number of benzene rings is 1. The van der Waals surface area contributed by atoms with Crippen molar-refractivity contribution in [1.82, 2.24) is 0 Å². The maximum absolute atomic E-state index is 11.9. The van der Waals surface area contributed by atoms with Crippen molar-refractivity contribution >= 4 is 5.97 Å². The van der Waals surface area contributed by atoms with Crippen LogP contribution in [0.1, 0.15) is 38.8 Å². The van der Waals surface area contributed by atoms with Gasteiger partial charge in [-0.1, -0.05) is 18.1 Å². The highest BCUT2D eigenvalue weighted by molar-refractivity contribution is 5.75. The lowest BCUT2D eigenvalue weighted by Gasteiger charge is -2.19. The Bertz CT molecular complexity index is 494. The molecule has 0 bridgehead atoms. The smallest absolute Gasteiger partial charge is 0.335 e. The van der Waals surface area contributed by atoms with Crippen LogP contribution in [-0.2, 0) is 20.7 Å². The molecule has 0 amide bonds. The van der Waals surface area contributed by atoms with E-state index in [0.29, 0.717) is 13.0 Å². The molecule has 0 aromatic heterocycles. The number of hydrogen-bond donors (Lipinski definition) is 0. The molecule has 0 saturated carbocycles. The Kier molecular flexibility index (Phi) is 6.83. The zero-order chi connectivity index (χ0) is 15.0. The zero-order valence-corrected chi connectivity index (χ0v) is 12.6. The van der Waals surface area contributed by atoms with Crippen LogP contribution in [0.4, 0.5) is 0 Å². The molecule has 3 heteroatoms. The summed E-state index contributed by atoms with van der Waals surface area (Å²) < 4.78 is 10.7. The van der Waals surface area contributed by atoms with Crippen molar-refractivity contribution in [3.05, 3.63) is 35.4 Å². The molecular weight excluding hydrogens is 252 g/mol. The van der Waals surface area contributed by atoms with Gasteiger partial charge >= 0.3 is 5.97 Å². The highest BCUT2D eigenvalue weighted by Gasteiger charge is 2.22. The topological polar surface area (TPSA) is 35.5 Å². The summed E-state index contributed by atoms with van der Waals surface area (Å²) >= 11 is 0. The molecule has 0 aliphatic heterocycles. The lowest BCUT2D eigenvalue weighted by Crippen LogP contribution is -2.31. The third-order valence-electron chi connectivity index (χ3n) is 2.60. The minimum atomic E-state index is -0.570. The maximum atomic E-state index is 11.9. The third kappa shape index (κ3) is 5.46. The molecule has 1 rings (SSSR count). The standard InChI is InChI=1S/C17H22O3/c1-5-8-14-9-7-10-15(11-14)12-16(20-13(3)4)17(18)19-6-2/h7,9-11,13,16H,6,12H2,1-4H3. The number of hydrogen-bond acceptors (Lipinski definition) is 3. The molecule has 0 spiro atoms. The van der Waals surface area contributed by atoms with Crippen molar-refractivity contribution in [3.63, 3.8) is 0 Å². The average Bonchev–Trinajstić information content (AvgIpc) is 2.38. The van der Waals surface area contributed by atoms with E-state index >= 15 is 0 Å². The van der Waals surface area contributed by atoms with Crippen LogP contribution in [0.5, 0.6) is 0 Å². The van der Waals surface area contributed by atoms with Crippen LogP contribution >= 0.6 is 0 Å². The van der Waals surface area contributed by atoms with Gasteiger partial charge in [0.1, 0.15) is 0 Å². The van der Waals surface area contributed by atoms with Gasteiger partial charge in [0.05, 0.1) is 12.7 Å². The lowest BCUT2D eigenvalue weighted by molar-refractivity contribution is -0.159. The Hall–Kier alpha value is -1.79. The van der Waals surface area contributed by atoms with Gasteiger partial charge < -0.3 is 9.47 Å². The molecule has 1 unspecified atom stereocenters. The van der Waals surface area contributed by atoms with E-state index in [-0.39, 0.29) is 12.1 Å². The van der Waals surface area contributed by atoms with Gasteiger partial charge in [-0.2, -0.15) is 0 Å². The summed E-state index contributed by atoms with van der Waals surface area (Å²) in [6.45, 7) is 7.77. The molecule has 1 atom stereocenters. The predicted molar refractivity (Wildman–Crippen MR) is 79.3 cm³/mol. The molecule has 0 aliphatic carbocycles. The molecule has 0 fully saturated rings. The lowest BCUT2D eigenvalue weighted by atomic mass is 10.0. The number of rotatable bonds is 6. The number of ether oxygens (including phenoxy) is 2. The molecule has 1 aromatic carbocycles. The Morgan fingerprint density at radius 3 is 2.70 bits per heavy atom. The van der Waals surface area contributed by atoms with E-state index < -0.39 is 6.10 Å². The molecule has 108 valence electrons. The van der Waals surface area contributed by atoms with Gasteiger partial charge in [-0.05, 0) is 45.4 Å². The first-order valence-electron chi connectivity index (χ1n) is 6.90. The minimum absolute atomic E-state index is 0.0250. The van der Waals surface area contributed by atoms with Crippen LogP contribution in [0.25, 0.3) is 0 Å². The Morgan fingerprint density at radius 1 is 1.35 bits per heavy atom. The van der Waals surface area contributed by atoms with Crippen molar-refractivity contribution < 1.29 is 14.3 Å². The van der Waals surface area contributed by atoms with E-state index in [1.54, 1.807) is 13.8 Å². The minimum Gasteiger partial charge on any atom is -0.464 e. The summed E-state index contributed by atoms with van der Waals surface area (Å²) in [5.74, 6) is 5.56. The van der Waals surface area contributed by atoms with Crippen LogP contribution in [-0.4, -0.2) is 24.8 Å². The fourth-order valence-corrected chi connectivity index (χ4v) is 1.89. The van der Waals surface area contributed by atoms with Crippen molar-refractivity contribution in [2.45, 2.75) is 46.3 Å². The molecule has 0 heterocycles. The largest absolute Gasteiger partial charge is 0.464 e. The molecule has 3 nitrogen and oxygen atoms in total. The van der Waals surface area contributed by atoms with E-state index in [4.69, 9.17) is 9.47 Å². The summed E-state index contributed by atoms with van der Waals surface area (Å²) in [5, 5.41) is 0. The molecule has 20 heavy (non-hydrogen) atoms. The first-order valence-corrected chi connectivity index (χ1v) is 6.90. The van der Waals surface area contributed by atoms with Crippen LogP contribution in [0.2, 0.25) is 0 Å². The number of carbonyl (C=O) groups excluding carboxylic acids is 1. The van der Waals surface area contributed by atoms with E-state index in [2.05, 4.69) is 11.8 Å². The Balaban J connectivity index is 2.84. The van der Waals surface area contributed by atoms with Gasteiger partial charge in [0, 0.05) is 12.0 Å². The summed E-state index contributed by atoms with van der Waals surface area (Å²) in [6, 6.07) is 7.83. The number of esters is 1. The normalized spacial score (nSPS) is 11.7. The second kappa shape index (κ2) is 8.39. The third-order valence-corrected chi connectivity index (χ3v) is 2.60. The first kappa shape index (κ1) is 16.3. The highest BCUT2D eigenvalue weighted by atomic mass is 16.6. The zero-order valence-electron chi connectivity index (χ0n) is 12.6. The average molecular weight is 274 g/mol. The van der Waals surface area contributed by atoms with Crippen LogP contribution in [0.3, 0.4) is 0 Å². The summed E-state index contributed by atoms with van der Waals surface area (Å²) in [7, 11) is 0. The van der Waals surface area contributed by atoms with Crippen molar-refractivity contribution in [2.75, 3.05) is 6.61 Å². The summed E-state index contributed by atoms with van der Waals surface area (Å²) in [5.41, 5.74) is 1.96. The Morgan fingerprint density at radius 2 is 2.10 bits per heavy atom. The van der Waals surface area contributed by atoms with Crippen LogP contribution < -0.4 is 0 Å². The highest BCUT2D eigenvalue weighted by Crippen LogP contribution is 2.12. The summed E-state index contributed by atoms with van der Waals surface area (Å²) in [6.07, 6.45) is -0.0983. The van der Waals surface area contributed by atoms with E-state index in [1.165, 1.54) is 0 Å². The number of carbonyl (C=O) groups is 1. The summed E-state index contributed by atoms with van der Waals surface area (Å²) in [4.78, 5) is 11.9. The Labute approximate surface area is 121 Å². The fraction of sp³-hybridized carbons (Fsp3) is 0.471. The van der Waals surface area contributed by atoms with E-state index in [0.717, 1.165) is 11.1 Å². The predicted octanol–water partition coefficient (Wildman–Crippen LogP) is 2.96. The van der Waals surface area contributed by atoms with E-state index in [9.17, 15) is 4.79 Å². The second-order valence-electron chi connectivity index (χ2n) is 4.71. The molecule has 0 aliphatic rings. The van der Waals surface area contributed by atoms with Gasteiger partial charge in [-0.25, -0.2) is 4.79 Å².